The van der Waals surface area contributed by atoms with Gasteiger partial charge in [-0.2, -0.15) is 5.06 Å². The van der Waals surface area contributed by atoms with E-state index in [4.69, 9.17) is 0 Å². The van der Waals surface area contributed by atoms with Gasteiger partial charge in [-0.1, -0.05) is 24.6 Å². The molecule has 1 aromatic carbocycles. The molecule has 2 aliphatic heterocycles. The van der Waals surface area contributed by atoms with Crippen LogP contribution in [-0.4, -0.2) is 34.4 Å². The average Bonchev–Trinajstić information content (AvgIpc) is 2.76. The second kappa shape index (κ2) is 8.99. The van der Waals surface area contributed by atoms with E-state index in [1.165, 1.54) is 24.3 Å². The molecular weight excluding hydrogens is 420 g/mol. The Morgan fingerprint density at radius 2 is 1.81 bits per heavy atom. The molecule has 6 nitrogen and oxygen atoms in total. The molecule has 180 valence electrons. The number of fused-ring (bicyclic) bond motifs is 1. The summed E-state index contributed by atoms with van der Waals surface area (Å²) in [6, 6.07) is 6.33. The molecule has 0 aromatic heterocycles. The van der Waals surface area contributed by atoms with Crippen molar-refractivity contribution < 1.29 is 5.21 Å². The van der Waals surface area contributed by atoms with E-state index in [0.717, 1.165) is 35.2 Å². The van der Waals surface area contributed by atoms with Crippen LogP contribution in [-0.2, 0) is 11.1 Å². The molecule has 1 saturated heterocycles. The summed E-state index contributed by atoms with van der Waals surface area (Å²) in [6.07, 6.45) is 3.59. The van der Waals surface area contributed by atoms with Crippen molar-refractivity contribution in [3.05, 3.63) is 39.8 Å². The maximum Gasteiger partial charge on any atom is 0.0674 e. The summed E-state index contributed by atoms with van der Waals surface area (Å²) < 4.78 is 3.17. The van der Waals surface area contributed by atoms with E-state index in [1.807, 2.05) is 27.7 Å². The Morgan fingerprint density at radius 3 is 2.47 bits per heavy atom. The van der Waals surface area contributed by atoms with Crippen molar-refractivity contribution in [3.8, 4) is 0 Å². The smallest absolute Gasteiger partial charge is 0.0674 e. The molecule has 0 bridgehead atoms. The van der Waals surface area contributed by atoms with E-state index in [9.17, 15) is 10.1 Å². The van der Waals surface area contributed by atoms with Gasteiger partial charge in [-0.15, -0.1) is 4.91 Å². The fourth-order valence-corrected chi connectivity index (χ4v) is 6.50. The average molecular weight is 463 g/mol. The van der Waals surface area contributed by atoms with Crippen LogP contribution in [0.15, 0.2) is 22.8 Å². The summed E-state index contributed by atoms with van der Waals surface area (Å²) in [4.78, 5) is 11.2. The van der Waals surface area contributed by atoms with E-state index in [2.05, 4.69) is 61.1 Å². The molecule has 1 aromatic rings. The molecule has 0 spiro atoms. The molecule has 2 atom stereocenters. The first-order chi connectivity index (χ1) is 14.7. The fourth-order valence-electron chi connectivity index (χ4n) is 5.93. The highest BCUT2D eigenvalue weighted by Crippen LogP contribution is 2.49. The molecule has 0 amide bonds. The molecule has 0 aliphatic carbocycles. The van der Waals surface area contributed by atoms with Crippen molar-refractivity contribution in [1.82, 2.24) is 15.7 Å². The number of hydroxylamine groups is 2. The van der Waals surface area contributed by atoms with Gasteiger partial charge in [0.15, 0.2) is 0 Å². The Morgan fingerprint density at radius 1 is 1.16 bits per heavy atom. The van der Waals surface area contributed by atoms with Gasteiger partial charge in [0.2, 0.25) is 0 Å². The lowest BCUT2D eigenvalue weighted by molar-refractivity contribution is -0.216. The van der Waals surface area contributed by atoms with Crippen molar-refractivity contribution in [2.24, 2.45) is 10.5 Å². The minimum atomic E-state index is -0.491. The summed E-state index contributed by atoms with van der Waals surface area (Å²) >= 11 is 1.08. The highest BCUT2D eigenvalue weighted by Gasteiger charge is 2.49. The zero-order valence-electron chi connectivity index (χ0n) is 21.1. The minimum absolute atomic E-state index is 0.0479. The van der Waals surface area contributed by atoms with Crippen LogP contribution >= 0.6 is 11.9 Å². The Hall–Kier alpha value is -0.990. The molecule has 0 radical (unpaired) electrons. The number of nitrogens with zero attached hydrogens (tertiary/aromatic N) is 2. The summed E-state index contributed by atoms with van der Waals surface area (Å²) in [5, 5.41) is 19.6. The zero-order valence-corrected chi connectivity index (χ0v) is 21.9. The van der Waals surface area contributed by atoms with Gasteiger partial charge in [0.05, 0.1) is 16.3 Å². The highest BCUT2D eigenvalue weighted by molar-refractivity contribution is 7.98. The SMILES string of the molecule is CC1(C)CCCC(CNCC(SN=O)c2ccc3c(c2)C(C)(C)N(O)C3(C)C)C(C)(C)N1. The highest BCUT2D eigenvalue weighted by atomic mass is 32.2. The summed E-state index contributed by atoms with van der Waals surface area (Å²) in [5.74, 6) is 0.516. The lowest BCUT2D eigenvalue weighted by Gasteiger charge is -2.39. The molecule has 3 N–H and O–H groups in total. The van der Waals surface area contributed by atoms with E-state index in [1.54, 1.807) is 0 Å². The minimum Gasteiger partial charge on any atom is -0.315 e. The summed E-state index contributed by atoms with van der Waals surface area (Å²) in [7, 11) is 0. The lowest BCUT2D eigenvalue weighted by Crippen LogP contribution is -2.55. The van der Waals surface area contributed by atoms with Gasteiger partial charge < -0.3 is 15.8 Å². The van der Waals surface area contributed by atoms with Crippen LogP contribution in [0.2, 0.25) is 0 Å². The topological polar surface area (TPSA) is 77.0 Å². The van der Waals surface area contributed by atoms with Gasteiger partial charge in [-0.3, -0.25) is 0 Å². The molecule has 7 heteroatoms. The number of hydrogen-bond acceptors (Lipinski definition) is 7. The van der Waals surface area contributed by atoms with Crippen LogP contribution < -0.4 is 10.6 Å². The Labute approximate surface area is 198 Å². The molecule has 0 saturated carbocycles. The Balaban J connectivity index is 1.74. The molecule has 2 unspecified atom stereocenters. The van der Waals surface area contributed by atoms with Crippen molar-refractivity contribution in [2.75, 3.05) is 13.1 Å². The van der Waals surface area contributed by atoms with E-state index < -0.39 is 11.1 Å². The van der Waals surface area contributed by atoms with Crippen LogP contribution in [0.1, 0.15) is 96.6 Å². The molecule has 32 heavy (non-hydrogen) atoms. The normalized spacial score (nSPS) is 26.8. The third-order valence-corrected chi connectivity index (χ3v) is 8.50. The first-order valence-electron chi connectivity index (χ1n) is 11.8. The quantitative estimate of drug-likeness (QED) is 0.348. The number of benzene rings is 1. The lowest BCUT2D eigenvalue weighted by atomic mass is 9.84. The predicted molar refractivity (Wildman–Crippen MR) is 134 cm³/mol. The number of rotatable bonds is 7. The second-order valence-electron chi connectivity index (χ2n) is 11.9. The monoisotopic (exact) mass is 462 g/mol. The van der Waals surface area contributed by atoms with Crippen molar-refractivity contribution in [2.45, 2.75) is 102 Å². The van der Waals surface area contributed by atoms with Gasteiger partial charge in [-0.05, 0) is 97.4 Å². The first-order valence-corrected chi connectivity index (χ1v) is 12.7. The standard InChI is InChI=1S/C25H42N4O2S/c1-22(2)13-9-10-18(23(3,4)27-22)15-26-16-21(32-28-30)17-11-12-19-20(14-17)25(7,8)29(31)24(19,5)6/h11-12,14,18,21,26-27,31H,9-10,13,15-16H2,1-8H3. The van der Waals surface area contributed by atoms with Crippen LogP contribution in [0.25, 0.3) is 0 Å². The van der Waals surface area contributed by atoms with Crippen LogP contribution in [0.5, 0.6) is 0 Å². The number of hydrogen-bond donors (Lipinski definition) is 3. The fraction of sp³-hybridized carbons (Fsp3) is 0.760. The van der Waals surface area contributed by atoms with Crippen LogP contribution in [0.4, 0.5) is 0 Å². The van der Waals surface area contributed by atoms with E-state index in [-0.39, 0.29) is 16.3 Å². The third-order valence-electron chi connectivity index (χ3n) is 7.72. The predicted octanol–water partition coefficient (Wildman–Crippen LogP) is 5.85. The van der Waals surface area contributed by atoms with E-state index >= 15 is 0 Å². The van der Waals surface area contributed by atoms with Gasteiger partial charge in [0.1, 0.15) is 0 Å². The Bertz CT molecular complexity index is 837. The molecule has 3 rings (SSSR count). The number of nitroso groups, excluding NO2 is 1. The van der Waals surface area contributed by atoms with Crippen molar-refractivity contribution >= 4 is 11.9 Å². The maximum absolute atomic E-state index is 11.2. The molecular formula is C25H42N4O2S. The maximum atomic E-state index is 11.2. The third kappa shape index (κ3) is 4.92. The van der Waals surface area contributed by atoms with Gasteiger partial charge in [-0.25, -0.2) is 0 Å². The van der Waals surface area contributed by atoms with E-state index in [0.29, 0.717) is 12.5 Å². The molecule has 2 aliphatic rings. The molecule has 2 heterocycles. The molecule has 1 fully saturated rings. The van der Waals surface area contributed by atoms with Gasteiger partial charge in [0.25, 0.3) is 0 Å². The van der Waals surface area contributed by atoms with Crippen molar-refractivity contribution in [1.29, 1.82) is 0 Å². The number of nitrogens with one attached hydrogen (secondary N) is 2. The Kier molecular flexibility index (Phi) is 7.20. The van der Waals surface area contributed by atoms with Crippen LogP contribution in [0.3, 0.4) is 0 Å². The van der Waals surface area contributed by atoms with Crippen molar-refractivity contribution in [3.63, 3.8) is 0 Å². The van der Waals surface area contributed by atoms with Gasteiger partial charge >= 0.3 is 0 Å². The first kappa shape index (κ1) is 25.6. The zero-order chi connectivity index (χ0) is 23.9. The summed E-state index contributed by atoms with van der Waals surface area (Å²) in [6.45, 7) is 18.9. The van der Waals surface area contributed by atoms with Crippen LogP contribution in [0, 0.1) is 10.8 Å². The van der Waals surface area contributed by atoms with Gasteiger partial charge in [0, 0.05) is 34.2 Å². The summed E-state index contributed by atoms with van der Waals surface area (Å²) in [5.41, 5.74) is 2.56. The largest absolute Gasteiger partial charge is 0.315 e. The second-order valence-corrected chi connectivity index (χ2v) is 12.8.